The Labute approximate surface area is 85.4 Å². The number of halogens is 3. The van der Waals surface area contributed by atoms with Gasteiger partial charge in [-0.15, -0.1) is 0 Å². The van der Waals surface area contributed by atoms with Crippen LogP contribution in [0.3, 0.4) is 0 Å². The first-order valence-corrected chi connectivity index (χ1v) is 5.25. The summed E-state index contributed by atoms with van der Waals surface area (Å²) >= 11 is 1.35. The number of hydrogen-bond acceptors (Lipinski definition) is 3. The van der Waals surface area contributed by atoms with Gasteiger partial charge in [0, 0.05) is 12.3 Å². The number of amidine groups is 1. The van der Waals surface area contributed by atoms with Gasteiger partial charge < -0.3 is 5.32 Å². The van der Waals surface area contributed by atoms with Crippen molar-refractivity contribution < 1.29 is 13.2 Å². The Balaban J connectivity index is 2.38. The van der Waals surface area contributed by atoms with E-state index in [2.05, 4.69) is 10.3 Å². The molecule has 1 rings (SSSR count). The first-order valence-electron chi connectivity index (χ1n) is 4.26. The fourth-order valence-electron chi connectivity index (χ4n) is 0.924. The molecule has 0 fully saturated rings. The quantitative estimate of drug-likeness (QED) is 0.741. The number of hydrogen-bond donors (Lipinski definition) is 1. The lowest BCUT2D eigenvalue weighted by atomic mass is 9.97. The van der Waals surface area contributed by atoms with Crippen LogP contribution in [0.1, 0.15) is 13.8 Å². The summed E-state index contributed by atoms with van der Waals surface area (Å²) in [4.78, 5) is 4.05. The zero-order valence-corrected chi connectivity index (χ0v) is 8.93. The van der Waals surface area contributed by atoms with Crippen LogP contribution in [0.4, 0.5) is 13.2 Å². The zero-order valence-electron chi connectivity index (χ0n) is 8.11. The zero-order chi connectivity index (χ0) is 10.8. The molecular weight excluding hydrogens is 213 g/mol. The van der Waals surface area contributed by atoms with Gasteiger partial charge in [0.1, 0.15) is 6.54 Å². The molecule has 0 unspecified atom stereocenters. The minimum absolute atomic E-state index is 0.0913. The van der Waals surface area contributed by atoms with Crippen molar-refractivity contribution >= 4 is 16.9 Å². The lowest BCUT2D eigenvalue weighted by molar-refractivity contribution is -0.121. The van der Waals surface area contributed by atoms with Gasteiger partial charge in [-0.3, -0.25) is 4.99 Å². The van der Waals surface area contributed by atoms with E-state index in [1.54, 1.807) is 0 Å². The van der Waals surface area contributed by atoms with Crippen molar-refractivity contribution in [2.24, 2.45) is 10.4 Å². The van der Waals surface area contributed by atoms with Crippen LogP contribution in [0.2, 0.25) is 0 Å². The Morgan fingerprint density at radius 3 is 2.57 bits per heavy atom. The molecule has 2 nitrogen and oxygen atoms in total. The van der Waals surface area contributed by atoms with Crippen molar-refractivity contribution in [2.75, 3.05) is 18.8 Å². The first kappa shape index (κ1) is 11.7. The average molecular weight is 226 g/mol. The summed E-state index contributed by atoms with van der Waals surface area (Å²) in [6, 6.07) is 0. The Hall–Kier alpha value is -0.390. The number of alkyl halides is 3. The molecule has 1 N–H and O–H groups in total. The lowest BCUT2D eigenvalue weighted by Gasteiger charge is -2.27. The molecule has 0 radical (unpaired) electrons. The van der Waals surface area contributed by atoms with E-state index in [1.165, 1.54) is 11.8 Å². The van der Waals surface area contributed by atoms with Crippen LogP contribution in [-0.4, -0.2) is 30.2 Å². The molecule has 0 amide bonds. The van der Waals surface area contributed by atoms with Gasteiger partial charge in [0.15, 0.2) is 5.17 Å². The molecule has 0 spiro atoms. The van der Waals surface area contributed by atoms with Gasteiger partial charge in [0.25, 0.3) is 0 Å². The van der Waals surface area contributed by atoms with Crippen LogP contribution < -0.4 is 5.32 Å². The standard InChI is InChI=1S/C8H13F3N2S/c1-7(2)3-12-6(14-5-7)13-4-8(9,10)11/h3-5H2,1-2H3,(H,12,13). The summed E-state index contributed by atoms with van der Waals surface area (Å²) in [5.41, 5.74) is 0.0913. The van der Waals surface area contributed by atoms with E-state index in [0.29, 0.717) is 11.7 Å². The third-order valence-electron chi connectivity index (χ3n) is 1.69. The Bertz CT molecular complexity index is 235. The van der Waals surface area contributed by atoms with Crippen molar-refractivity contribution in [3.05, 3.63) is 0 Å². The summed E-state index contributed by atoms with van der Waals surface area (Å²) in [5, 5.41) is 2.69. The highest BCUT2D eigenvalue weighted by molar-refractivity contribution is 8.13. The van der Waals surface area contributed by atoms with Gasteiger partial charge in [-0.2, -0.15) is 13.2 Å². The molecule has 0 saturated heterocycles. The fourth-order valence-corrected chi connectivity index (χ4v) is 1.87. The molecule has 6 heteroatoms. The highest BCUT2D eigenvalue weighted by atomic mass is 32.2. The van der Waals surface area contributed by atoms with E-state index < -0.39 is 12.7 Å². The second kappa shape index (κ2) is 4.00. The molecule has 14 heavy (non-hydrogen) atoms. The molecule has 0 aromatic carbocycles. The number of nitrogens with one attached hydrogen (secondary N) is 1. The van der Waals surface area contributed by atoms with E-state index in [1.807, 2.05) is 13.8 Å². The summed E-state index contributed by atoms with van der Waals surface area (Å²) in [6.07, 6.45) is -4.17. The van der Waals surface area contributed by atoms with Crippen LogP contribution in [0, 0.1) is 5.41 Å². The van der Waals surface area contributed by atoms with Crippen molar-refractivity contribution in [2.45, 2.75) is 20.0 Å². The number of nitrogens with zero attached hydrogens (tertiary/aromatic N) is 1. The van der Waals surface area contributed by atoms with Crippen LogP contribution in [0.5, 0.6) is 0 Å². The van der Waals surface area contributed by atoms with E-state index in [-0.39, 0.29) is 5.41 Å². The first-order chi connectivity index (χ1) is 6.29. The monoisotopic (exact) mass is 226 g/mol. The lowest BCUT2D eigenvalue weighted by Crippen LogP contribution is -2.36. The maximum atomic E-state index is 11.8. The second-order valence-corrected chi connectivity index (χ2v) is 5.01. The number of aliphatic imine (C=N–C) groups is 1. The molecule has 1 aliphatic rings. The van der Waals surface area contributed by atoms with Crippen molar-refractivity contribution in [1.29, 1.82) is 0 Å². The van der Waals surface area contributed by atoms with E-state index in [0.717, 1.165) is 5.75 Å². The molecule has 0 aromatic rings. The van der Waals surface area contributed by atoms with Crippen molar-refractivity contribution in [3.8, 4) is 0 Å². The topological polar surface area (TPSA) is 24.4 Å². The maximum Gasteiger partial charge on any atom is 0.405 e. The molecule has 1 heterocycles. The predicted octanol–water partition coefficient (Wildman–Crippen LogP) is 2.27. The van der Waals surface area contributed by atoms with Crippen LogP contribution in [-0.2, 0) is 0 Å². The van der Waals surface area contributed by atoms with Gasteiger partial charge in [0.2, 0.25) is 0 Å². The van der Waals surface area contributed by atoms with Crippen LogP contribution >= 0.6 is 11.8 Å². The van der Waals surface area contributed by atoms with Gasteiger partial charge in [-0.1, -0.05) is 25.6 Å². The Morgan fingerprint density at radius 2 is 2.14 bits per heavy atom. The third kappa shape index (κ3) is 4.21. The molecule has 0 bridgehead atoms. The highest BCUT2D eigenvalue weighted by Gasteiger charge is 2.29. The van der Waals surface area contributed by atoms with E-state index in [9.17, 15) is 13.2 Å². The van der Waals surface area contributed by atoms with Gasteiger partial charge >= 0.3 is 6.18 Å². The van der Waals surface area contributed by atoms with Crippen LogP contribution in [0.25, 0.3) is 0 Å². The smallest absolute Gasteiger partial charge is 0.356 e. The minimum Gasteiger partial charge on any atom is -0.356 e. The SMILES string of the molecule is CC1(C)CN=C(NCC(F)(F)F)SC1. The summed E-state index contributed by atoms with van der Waals surface area (Å²) in [7, 11) is 0. The number of thioether (sulfide) groups is 1. The summed E-state index contributed by atoms with van der Waals surface area (Å²) in [6.45, 7) is 3.67. The van der Waals surface area contributed by atoms with Crippen molar-refractivity contribution in [3.63, 3.8) is 0 Å². The fraction of sp³-hybridized carbons (Fsp3) is 0.875. The largest absolute Gasteiger partial charge is 0.405 e. The molecule has 0 aliphatic carbocycles. The molecule has 0 aromatic heterocycles. The van der Waals surface area contributed by atoms with Gasteiger partial charge in [-0.05, 0) is 5.41 Å². The molecule has 0 atom stereocenters. The third-order valence-corrected chi connectivity index (χ3v) is 3.16. The summed E-state index contributed by atoms with van der Waals surface area (Å²) in [5.74, 6) is 0.802. The van der Waals surface area contributed by atoms with Gasteiger partial charge in [-0.25, -0.2) is 0 Å². The Morgan fingerprint density at radius 1 is 1.50 bits per heavy atom. The minimum atomic E-state index is -4.17. The van der Waals surface area contributed by atoms with E-state index >= 15 is 0 Å². The van der Waals surface area contributed by atoms with Crippen LogP contribution in [0.15, 0.2) is 4.99 Å². The molecule has 82 valence electrons. The normalized spacial score (nSPS) is 21.6. The average Bonchev–Trinajstić information content (AvgIpc) is 2.01. The number of rotatable bonds is 1. The molecule has 0 saturated carbocycles. The second-order valence-electron chi connectivity index (χ2n) is 4.04. The predicted molar refractivity (Wildman–Crippen MR) is 52.6 cm³/mol. The Kier molecular flexibility index (Phi) is 3.34. The van der Waals surface area contributed by atoms with E-state index in [4.69, 9.17) is 0 Å². The maximum absolute atomic E-state index is 11.8. The van der Waals surface area contributed by atoms with Gasteiger partial charge in [0.05, 0.1) is 0 Å². The van der Waals surface area contributed by atoms with Crippen molar-refractivity contribution in [1.82, 2.24) is 5.32 Å². The molecule has 1 aliphatic heterocycles. The highest BCUT2D eigenvalue weighted by Crippen LogP contribution is 2.27. The summed E-state index contributed by atoms with van der Waals surface area (Å²) < 4.78 is 35.5. The molecular formula is C8H13F3N2S.